The van der Waals surface area contributed by atoms with Gasteiger partial charge >= 0.3 is 0 Å². The van der Waals surface area contributed by atoms with E-state index < -0.39 is 6.04 Å². The number of rotatable bonds is 12. The zero-order chi connectivity index (χ0) is 24.4. The predicted octanol–water partition coefficient (Wildman–Crippen LogP) is 4.78. The Hall–Kier alpha value is -3.02. The van der Waals surface area contributed by atoms with Crippen LogP contribution in [-0.4, -0.2) is 43.0 Å². The number of carbonyl (C=O) groups excluding carboxylic acids is 2. The molecule has 0 aliphatic rings. The highest BCUT2D eigenvalue weighted by Gasteiger charge is 2.29. The van der Waals surface area contributed by atoms with Gasteiger partial charge in [-0.05, 0) is 53.6 Å². The van der Waals surface area contributed by atoms with Crippen LogP contribution in [0.15, 0.2) is 48.5 Å². The Morgan fingerprint density at radius 1 is 0.939 bits per heavy atom. The molecule has 1 atom stereocenters. The smallest absolute Gasteiger partial charge is 0.261 e. The zero-order valence-electron chi connectivity index (χ0n) is 20.8. The van der Waals surface area contributed by atoms with Crippen LogP contribution in [0.4, 0.5) is 0 Å². The Morgan fingerprint density at radius 3 is 2.06 bits per heavy atom. The van der Waals surface area contributed by atoms with Crippen LogP contribution < -0.4 is 14.8 Å². The maximum Gasteiger partial charge on any atom is 0.261 e. The second kappa shape index (κ2) is 12.9. The molecule has 33 heavy (non-hydrogen) atoms. The molecular formula is C27H38N2O4. The summed E-state index contributed by atoms with van der Waals surface area (Å²) in [6.07, 6.45) is 0.509. The van der Waals surface area contributed by atoms with Gasteiger partial charge < -0.3 is 19.7 Å². The highest BCUT2D eigenvalue weighted by atomic mass is 16.5. The number of methoxy groups -OCH3 is 1. The maximum absolute atomic E-state index is 13.3. The molecule has 0 unspecified atom stereocenters. The Bertz CT molecular complexity index is 876. The van der Waals surface area contributed by atoms with Gasteiger partial charge in [-0.15, -0.1) is 0 Å². The third-order valence-corrected chi connectivity index (χ3v) is 5.49. The molecule has 6 heteroatoms. The van der Waals surface area contributed by atoms with Gasteiger partial charge in [0.05, 0.1) is 7.11 Å². The van der Waals surface area contributed by atoms with E-state index in [0.29, 0.717) is 37.1 Å². The molecule has 0 saturated heterocycles. The number of benzene rings is 2. The average molecular weight is 455 g/mol. The van der Waals surface area contributed by atoms with Gasteiger partial charge in [0.15, 0.2) is 6.61 Å². The molecule has 2 amide bonds. The van der Waals surface area contributed by atoms with Crippen molar-refractivity contribution in [1.82, 2.24) is 10.2 Å². The van der Waals surface area contributed by atoms with Crippen molar-refractivity contribution in [1.29, 1.82) is 0 Å². The summed E-state index contributed by atoms with van der Waals surface area (Å²) in [5, 5.41) is 2.97. The van der Waals surface area contributed by atoms with Crippen LogP contribution in [0.2, 0.25) is 0 Å². The van der Waals surface area contributed by atoms with Crippen LogP contribution in [0.25, 0.3) is 0 Å². The molecule has 2 aromatic rings. The first-order valence-corrected chi connectivity index (χ1v) is 11.7. The van der Waals surface area contributed by atoms with Gasteiger partial charge in [-0.25, -0.2) is 0 Å². The SMILES string of the molecule is CC[C@H](C(=O)NCC(C)C)N(Cc1ccc(OC)cc1)C(=O)COc1ccc(C(C)C)cc1. The van der Waals surface area contributed by atoms with E-state index >= 15 is 0 Å². The minimum atomic E-state index is -0.578. The lowest BCUT2D eigenvalue weighted by atomic mass is 10.0. The average Bonchev–Trinajstić information content (AvgIpc) is 2.81. The number of amides is 2. The first-order chi connectivity index (χ1) is 15.7. The molecule has 2 aromatic carbocycles. The third-order valence-electron chi connectivity index (χ3n) is 5.49. The second-order valence-electron chi connectivity index (χ2n) is 8.95. The fraction of sp³-hybridized carbons (Fsp3) is 0.481. The number of hydrogen-bond acceptors (Lipinski definition) is 4. The van der Waals surface area contributed by atoms with Crippen LogP contribution in [0.3, 0.4) is 0 Å². The van der Waals surface area contributed by atoms with Gasteiger partial charge in [-0.2, -0.15) is 0 Å². The summed E-state index contributed by atoms with van der Waals surface area (Å²) in [6, 6.07) is 14.7. The van der Waals surface area contributed by atoms with Crippen molar-refractivity contribution in [2.24, 2.45) is 5.92 Å². The molecular weight excluding hydrogens is 416 g/mol. The number of hydrogen-bond donors (Lipinski definition) is 1. The van der Waals surface area contributed by atoms with Gasteiger partial charge in [0.1, 0.15) is 17.5 Å². The highest BCUT2D eigenvalue weighted by Crippen LogP contribution is 2.20. The monoisotopic (exact) mass is 454 g/mol. The number of nitrogens with zero attached hydrogens (tertiary/aromatic N) is 1. The van der Waals surface area contributed by atoms with Gasteiger partial charge in [0.2, 0.25) is 5.91 Å². The van der Waals surface area contributed by atoms with Gasteiger partial charge in [-0.1, -0.05) is 58.9 Å². The molecule has 180 valence electrons. The molecule has 2 rings (SSSR count). The molecule has 0 aliphatic heterocycles. The molecule has 6 nitrogen and oxygen atoms in total. The van der Waals surface area contributed by atoms with Gasteiger partial charge in [-0.3, -0.25) is 9.59 Å². The standard InChI is InChI=1S/C27H38N2O4/c1-7-25(27(31)28-16-19(2)3)29(17-21-8-12-23(32-6)13-9-21)26(30)18-33-24-14-10-22(11-15-24)20(4)5/h8-15,19-20,25H,7,16-18H2,1-6H3,(H,28,31)/t25-/m1/s1. The van der Waals surface area contributed by atoms with E-state index in [0.717, 1.165) is 11.3 Å². The van der Waals surface area contributed by atoms with Crippen LogP contribution >= 0.6 is 0 Å². The number of nitrogens with one attached hydrogen (secondary N) is 1. The largest absolute Gasteiger partial charge is 0.497 e. The van der Waals surface area contributed by atoms with Crippen molar-refractivity contribution in [3.63, 3.8) is 0 Å². The van der Waals surface area contributed by atoms with Gasteiger partial charge in [0, 0.05) is 13.1 Å². The van der Waals surface area contributed by atoms with Crippen molar-refractivity contribution < 1.29 is 19.1 Å². The summed E-state index contributed by atoms with van der Waals surface area (Å²) < 4.78 is 11.0. The minimum absolute atomic E-state index is 0.134. The van der Waals surface area contributed by atoms with Crippen molar-refractivity contribution in [3.8, 4) is 11.5 Å². The predicted molar refractivity (Wildman–Crippen MR) is 131 cm³/mol. The Kier molecular flexibility index (Phi) is 10.2. The summed E-state index contributed by atoms with van der Waals surface area (Å²) in [6.45, 7) is 11.0. The number of ether oxygens (including phenoxy) is 2. The van der Waals surface area contributed by atoms with Crippen LogP contribution in [-0.2, 0) is 16.1 Å². The molecule has 0 radical (unpaired) electrons. The third kappa shape index (κ3) is 8.12. The molecule has 0 spiro atoms. The van der Waals surface area contributed by atoms with E-state index in [1.807, 2.05) is 69.3 Å². The first-order valence-electron chi connectivity index (χ1n) is 11.7. The minimum Gasteiger partial charge on any atom is -0.497 e. The van der Waals surface area contributed by atoms with E-state index in [9.17, 15) is 9.59 Å². The molecule has 0 aliphatic carbocycles. The summed E-state index contributed by atoms with van der Waals surface area (Å²) >= 11 is 0. The van der Waals surface area contributed by atoms with E-state index in [4.69, 9.17) is 9.47 Å². The van der Waals surface area contributed by atoms with Crippen molar-refractivity contribution in [3.05, 3.63) is 59.7 Å². The summed E-state index contributed by atoms with van der Waals surface area (Å²) in [5.41, 5.74) is 2.13. The molecule has 0 aromatic heterocycles. The molecule has 0 saturated carbocycles. The highest BCUT2D eigenvalue weighted by molar-refractivity contribution is 5.88. The Balaban J connectivity index is 2.17. The zero-order valence-corrected chi connectivity index (χ0v) is 20.8. The van der Waals surface area contributed by atoms with Crippen molar-refractivity contribution in [2.75, 3.05) is 20.3 Å². The van der Waals surface area contributed by atoms with Crippen LogP contribution in [0.1, 0.15) is 58.1 Å². The van der Waals surface area contributed by atoms with E-state index in [1.54, 1.807) is 12.0 Å². The lowest BCUT2D eigenvalue weighted by molar-refractivity contribution is -0.143. The topological polar surface area (TPSA) is 67.9 Å². The fourth-order valence-corrected chi connectivity index (χ4v) is 3.45. The van der Waals surface area contributed by atoms with Crippen LogP contribution in [0.5, 0.6) is 11.5 Å². The quantitative estimate of drug-likeness (QED) is 0.501. The van der Waals surface area contributed by atoms with E-state index in [2.05, 4.69) is 19.2 Å². The normalized spacial score (nSPS) is 11.9. The van der Waals surface area contributed by atoms with Crippen molar-refractivity contribution in [2.45, 2.75) is 59.5 Å². The Morgan fingerprint density at radius 2 is 1.55 bits per heavy atom. The lowest BCUT2D eigenvalue weighted by Gasteiger charge is -2.31. The van der Waals surface area contributed by atoms with Crippen molar-refractivity contribution >= 4 is 11.8 Å². The second-order valence-corrected chi connectivity index (χ2v) is 8.95. The Labute approximate surface area is 198 Å². The summed E-state index contributed by atoms with van der Waals surface area (Å²) in [7, 11) is 1.61. The summed E-state index contributed by atoms with van der Waals surface area (Å²) in [5.74, 6) is 1.75. The molecule has 0 fully saturated rings. The number of carbonyl (C=O) groups is 2. The molecule has 0 bridgehead atoms. The molecule has 1 N–H and O–H groups in total. The van der Waals surface area contributed by atoms with E-state index in [1.165, 1.54) is 5.56 Å². The van der Waals surface area contributed by atoms with Crippen LogP contribution in [0, 0.1) is 5.92 Å². The summed E-state index contributed by atoms with van der Waals surface area (Å²) in [4.78, 5) is 27.8. The lowest BCUT2D eigenvalue weighted by Crippen LogP contribution is -2.50. The molecule has 0 heterocycles. The van der Waals surface area contributed by atoms with E-state index in [-0.39, 0.29) is 18.4 Å². The maximum atomic E-state index is 13.3. The van der Waals surface area contributed by atoms with Gasteiger partial charge in [0.25, 0.3) is 5.91 Å². The first kappa shape index (κ1) is 26.2. The fourth-order valence-electron chi connectivity index (χ4n) is 3.45.